The average Bonchev–Trinajstić information content (AvgIpc) is 2.91. The van der Waals surface area contributed by atoms with Gasteiger partial charge in [-0.2, -0.15) is 0 Å². The Balaban J connectivity index is 1.27. The van der Waals surface area contributed by atoms with Crippen LogP contribution in [0.25, 0.3) is 22.3 Å². The summed E-state index contributed by atoms with van der Waals surface area (Å²) in [6.45, 7) is 6.75. The number of hydrogen-bond donors (Lipinski definition) is 1. The van der Waals surface area contributed by atoms with Gasteiger partial charge in [0.25, 0.3) is 5.91 Å². The minimum atomic E-state index is -0.0383. The van der Waals surface area contributed by atoms with Gasteiger partial charge >= 0.3 is 0 Å². The first kappa shape index (κ1) is 23.6. The van der Waals surface area contributed by atoms with Gasteiger partial charge in [0, 0.05) is 43.4 Å². The Kier molecular flexibility index (Phi) is 6.73. The molecule has 5 rings (SSSR count). The second-order valence-electron chi connectivity index (χ2n) is 9.15. The molecule has 1 fully saturated rings. The lowest BCUT2D eigenvalue weighted by molar-refractivity contribution is -0.117. The van der Waals surface area contributed by atoms with E-state index in [2.05, 4.69) is 15.2 Å². The van der Waals surface area contributed by atoms with Gasteiger partial charge in [-0.1, -0.05) is 36.4 Å². The molecule has 0 atom stereocenters. The van der Waals surface area contributed by atoms with E-state index in [4.69, 9.17) is 4.98 Å². The van der Waals surface area contributed by atoms with Crippen molar-refractivity contribution in [3.63, 3.8) is 0 Å². The van der Waals surface area contributed by atoms with Gasteiger partial charge < -0.3 is 10.2 Å². The van der Waals surface area contributed by atoms with Crippen molar-refractivity contribution in [3.8, 4) is 11.4 Å². The second-order valence-corrected chi connectivity index (χ2v) is 9.15. The molecule has 7 nitrogen and oxygen atoms in total. The first-order valence-corrected chi connectivity index (χ1v) is 12.2. The van der Waals surface area contributed by atoms with Crippen LogP contribution in [0.15, 0.2) is 72.9 Å². The maximum atomic E-state index is 13.6. The van der Waals surface area contributed by atoms with Crippen LogP contribution in [0.1, 0.15) is 21.5 Å². The van der Waals surface area contributed by atoms with Gasteiger partial charge in [0.1, 0.15) is 0 Å². The van der Waals surface area contributed by atoms with Crippen molar-refractivity contribution in [3.05, 3.63) is 89.6 Å². The number of carbonyl (C=O) groups is 2. The molecule has 36 heavy (non-hydrogen) atoms. The predicted molar refractivity (Wildman–Crippen MR) is 142 cm³/mol. The smallest absolute Gasteiger partial charge is 0.254 e. The van der Waals surface area contributed by atoms with E-state index in [0.717, 1.165) is 33.4 Å². The highest BCUT2D eigenvalue weighted by atomic mass is 16.2. The fourth-order valence-electron chi connectivity index (χ4n) is 4.56. The van der Waals surface area contributed by atoms with Crippen LogP contribution in [-0.2, 0) is 4.79 Å². The molecule has 1 aliphatic heterocycles. The van der Waals surface area contributed by atoms with E-state index in [1.54, 1.807) is 6.20 Å². The maximum Gasteiger partial charge on any atom is 0.254 e. The summed E-state index contributed by atoms with van der Waals surface area (Å²) in [5, 5.41) is 3.86. The van der Waals surface area contributed by atoms with E-state index in [1.165, 1.54) is 0 Å². The molecule has 7 heteroatoms. The van der Waals surface area contributed by atoms with Crippen molar-refractivity contribution in [1.82, 2.24) is 19.8 Å². The fraction of sp³-hybridized carbons (Fsp3) is 0.241. The summed E-state index contributed by atoms with van der Waals surface area (Å²) in [7, 11) is 0. The standard InChI is InChI=1S/C29H29N5O2/c1-20-8-7-12-24(21(20)2)32-28(35)19-33-14-16-34(17-15-33)29(36)23-18-27(26-11-5-6-13-30-26)31-25-10-4-3-9-22(23)25/h3-13,18H,14-17,19H2,1-2H3,(H,32,35). The quantitative estimate of drug-likeness (QED) is 0.462. The van der Waals surface area contributed by atoms with Crippen LogP contribution in [-0.4, -0.2) is 64.3 Å². The van der Waals surface area contributed by atoms with E-state index in [9.17, 15) is 9.59 Å². The summed E-state index contributed by atoms with van der Waals surface area (Å²) in [5.74, 6) is -0.0612. The third-order valence-corrected chi connectivity index (χ3v) is 6.78. The van der Waals surface area contributed by atoms with E-state index in [-0.39, 0.29) is 11.8 Å². The first-order valence-electron chi connectivity index (χ1n) is 12.2. The Hall–Kier alpha value is -4.10. The molecule has 2 amide bonds. The van der Waals surface area contributed by atoms with E-state index < -0.39 is 0 Å². The van der Waals surface area contributed by atoms with Crippen molar-refractivity contribution in [2.75, 3.05) is 38.0 Å². The Labute approximate surface area is 210 Å². The van der Waals surface area contributed by atoms with Gasteiger partial charge in [-0.15, -0.1) is 0 Å². The van der Waals surface area contributed by atoms with Crippen molar-refractivity contribution >= 4 is 28.4 Å². The summed E-state index contributed by atoms with van der Waals surface area (Å²) >= 11 is 0. The number of aromatic nitrogens is 2. The molecule has 4 aromatic rings. The van der Waals surface area contributed by atoms with Gasteiger partial charge in [-0.25, -0.2) is 4.98 Å². The van der Waals surface area contributed by atoms with Crippen molar-refractivity contribution < 1.29 is 9.59 Å². The molecule has 0 saturated carbocycles. The molecule has 0 aliphatic carbocycles. The molecule has 3 heterocycles. The van der Waals surface area contributed by atoms with E-state index in [1.807, 2.05) is 85.5 Å². The zero-order chi connectivity index (χ0) is 25.1. The normalized spacial score (nSPS) is 14.1. The van der Waals surface area contributed by atoms with Crippen LogP contribution in [0.5, 0.6) is 0 Å². The summed E-state index contributed by atoms with van der Waals surface area (Å²) in [4.78, 5) is 39.4. The molecule has 1 aliphatic rings. The zero-order valence-electron chi connectivity index (χ0n) is 20.6. The van der Waals surface area contributed by atoms with Crippen molar-refractivity contribution in [2.45, 2.75) is 13.8 Å². The number of carbonyl (C=O) groups excluding carboxylic acids is 2. The molecule has 0 radical (unpaired) electrons. The number of pyridine rings is 2. The SMILES string of the molecule is Cc1cccc(NC(=O)CN2CCN(C(=O)c3cc(-c4ccccn4)nc4ccccc34)CC2)c1C. The summed E-state index contributed by atoms with van der Waals surface area (Å²) in [6.07, 6.45) is 1.73. The lowest BCUT2D eigenvalue weighted by Gasteiger charge is -2.34. The topological polar surface area (TPSA) is 78.4 Å². The Bertz CT molecular complexity index is 1410. The van der Waals surface area contributed by atoms with Crippen LogP contribution in [0.2, 0.25) is 0 Å². The molecule has 2 aromatic carbocycles. The Morgan fingerprint density at radius 1 is 0.889 bits per heavy atom. The van der Waals surface area contributed by atoms with Crippen molar-refractivity contribution in [1.29, 1.82) is 0 Å². The number of nitrogens with one attached hydrogen (secondary N) is 1. The highest BCUT2D eigenvalue weighted by Gasteiger charge is 2.25. The predicted octanol–water partition coefficient (Wildman–Crippen LogP) is 4.31. The molecular formula is C29H29N5O2. The maximum absolute atomic E-state index is 13.6. The fourth-order valence-corrected chi connectivity index (χ4v) is 4.56. The van der Waals surface area contributed by atoms with E-state index >= 15 is 0 Å². The largest absolute Gasteiger partial charge is 0.336 e. The highest BCUT2D eigenvalue weighted by Crippen LogP contribution is 2.25. The molecule has 2 aromatic heterocycles. The van der Waals surface area contributed by atoms with Gasteiger partial charge in [0.05, 0.1) is 29.0 Å². The third kappa shape index (κ3) is 4.97. The van der Waals surface area contributed by atoms with Crippen LogP contribution in [0.3, 0.4) is 0 Å². The van der Waals surface area contributed by atoms with Gasteiger partial charge in [0.15, 0.2) is 0 Å². The number of rotatable bonds is 5. The minimum absolute atomic E-state index is 0.0229. The summed E-state index contributed by atoms with van der Waals surface area (Å²) in [6, 6.07) is 21.1. The van der Waals surface area contributed by atoms with Gasteiger partial charge in [-0.3, -0.25) is 19.5 Å². The minimum Gasteiger partial charge on any atom is -0.336 e. The molecule has 182 valence electrons. The number of fused-ring (bicyclic) bond motifs is 1. The van der Waals surface area contributed by atoms with Crippen molar-refractivity contribution in [2.24, 2.45) is 0 Å². The van der Waals surface area contributed by atoms with Gasteiger partial charge in [0.2, 0.25) is 5.91 Å². The van der Waals surface area contributed by atoms with Crippen LogP contribution in [0, 0.1) is 13.8 Å². The van der Waals surface area contributed by atoms with Crippen LogP contribution in [0.4, 0.5) is 5.69 Å². The number of amides is 2. The molecule has 0 unspecified atom stereocenters. The van der Waals surface area contributed by atoms with Crippen LogP contribution < -0.4 is 5.32 Å². The second kappa shape index (κ2) is 10.3. The van der Waals surface area contributed by atoms with E-state index in [0.29, 0.717) is 44.0 Å². The summed E-state index contributed by atoms with van der Waals surface area (Å²) < 4.78 is 0. The number of piperazine rings is 1. The number of hydrogen-bond acceptors (Lipinski definition) is 5. The Morgan fingerprint density at radius 3 is 2.44 bits per heavy atom. The molecule has 1 N–H and O–H groups in total. The number of anilines is 1. The van der Waals surface area contributed by atoms with Gasteiger partial charge in [-0.05, 0) is 55.3 Å². The lowest BCUT2D eigenvalue weighted by Crippen LogP contribution is -2.50. The summed E-state index contributed by atoms with van der Waals surface area (Å²) in [5.41, 5.74) is 5.89. The number of benzene rings is 2. The Morgan fingerprint density at radius 2 is 1.67 bits per heavy atom. The molecule has 0 spiro atoms. The third-order valence-electron chi connectivity index (χ3n) is 6.78. The average molecular weight is 480 g/mol. The number of para-hydroxylation sites is 1. The number of nitrogens with zero attached hydrogens (tertiary/aromatic N) is 4. The zero-order valence-corrected chi connectivity index (χ0v) is 20.6. The first-order chi connectivity index (χ1) is 17.5. The monoisotopic (exact) mass is 479 g/mol. The van der Waals surface area contributed by atoms with Crippen LogP contribution >= 0.6 is 0 Å². The molecule has 1 saturated heterocycles. The number of aryl methyl sites for hydroxylation is 1. The molecular weight excluding hydrogens is 450 g/mol. The molecule has 0 bridgehead atoms. The lowest BCUT2D eigenvalue weighted by atomic mass is 10.0. The highest BCUT2D eigenvalue weighted by molar-refractivity contribution is 6.07.